The largest absolute Gasteiger partial charge is 0.473 e. The summed E-state index contributed by atoms with van der Waals surface area (Å²) >= 11 is 5.76. The fourth-order valence-corrected chi connectivity index (χ4v) is 3.19. The van der Waals surface area contributed by atoms with Gasteiger partial charge in [0, 0.05) is 31.0 Å². The van der Waals surface area contributed by atoms with E-state index in [4.69, 9.17) is 16.3 Å². The van der Waals surface area contributed by atoms with Gasteiger partial charge in [-0.1, -0.05) is 11.6 Å². The molecule has 106 valence electrons. The van der Waals surface area contributed by atoms with Crippen LogP contribution < -0.4 is 10.1 Å². The molecule has 19 heavy (non-hydrogen) atoms. The van der Waals surface area contributed by atoms with Crippen molar-refractivity contribution in [2.75, 3.05) is 25.1 Å². The van der Waals surface area contributed by atoms with E-state index in [0.717, 1.165) is 19.5 Å². The van der Waals surface area contributed by atoms with E-state index in [-0.39, 0.29) is 17.8 Å². The van der Waals surface area contributed by atoms with Gasteiger partial charge < -0.3 is 10.1 Å². The van der Waals surface area contributed by atoms with Crippen LogP contribution in [0, 0.1) is 5.92 Å². The Labute approximate surface area is 118 Å². The minimum Gasteiger partial charge on any atom is -0.473 e. The summed E-state index contributed by atoms with van der Waals surface area (Å²) in [6.07, 6.45) is 3.24. The second-order valence-corrected chi connectivity index (χ2v) is 7.44. The topological polar surface area (TPSA) is 68.3 Å². The van der Waals surface area contributed by atoms with Crippen LogP contribution in [0.4, 0.5) is 0 Å². The fourth-order valence-electron chi connectivity index (χ4n) is 2.15. The van der Waals surface area contributed by atoms with E-state index in [1.165, 1.54) is 12.5 Å². The fraction of sp³-hybridized carbons (Fsp3) is 0.583. The van der Waals surface area contributed by atoms with Gasteiger partial charge in [0.2, 0.25) is 5.88 Å². The first-order chi connectivity index (χ1) is 8.94. The van der Waals surface area contributed by atoms with Crippen molar-refractivity contribution in [3.05, 3.63) is 23.4 Å². The van der Waals surface area contributed by atoms with Crippen LogP contribution in [0.5, 0.6) is 5.88 Å². The maximum Gasteiger partial charge on any atom is 0.213 e. The molecule has 0 aromatic carbocycles. The van der Waals surface area contributed by atoms with Gasteiger partial charge >= 0.3 is 0 Å². The van der Waals surface area contributed by atoms with Crippen molar-refractivity contribution < 1.29 is 13.2 Å². The Morgan fingerprint density at radius 2 is 2.37 bits per heavy atom. The Morgan fingerprint density at radius 1 is 1.58 bits per heavy atom. The van der Waals surface area contributed by atoms with Crippen molar-refractivity contribution in [3.8, 4) is 5.88 Å². The Kier molecular flexibility index (Phi) is 4.65. The third-order valence-electron chi connectivity index (χ3n) is 3.06. The number of hydrogen-bond acceptors (Lipinski definition) is 5. The zero-order valence-corrected chi connectivity index (χ0v) is 12.2. The molecule has 1 aromatic rings. The molecule has 0 radical (unpaired) electrons. The van der Waals surface area contributed by atoms with E-state index in [2.05, 4.69) is 10.3 Å². The first-order valence-electron chi connectivity index (χ1n) is 6.11. The standard InChI is InChI=1S/C12H17ClN2O3S/c1-19(16,17)8-11(9-4-5-14-6-9)18-12-3-2-10(13)7-15-12/h2-3,7,9,11,14H,4-6,8H2,1H3/t9-,11+/m0/s1. The molecule has 0 bridgehead atoms. The third-order valence-corrected chi connectivity index (χ3v) is 4.22. The van der Waals surface area contributed by atoms with Gasteiger partial charge in [-0.15, -0.1) is 0 Å². The molecule has 0 unspecified atom stereocenters. The average Bonchev–Trinajstić information content (AvgIpc) is 2.83. The molecule has 1 saturated heterocycles. The highest BCUT2D eigenvalue weighted by molar-refractivity contribution is 7.90. The lowest BCUT2D eigenvalue weighted by atomic mass is 10.0. The van der Waals surface area contributed by atoms with Crippen LogP contribution in [0.15, 0.2) is 18.3 Å². The number of pyridine rings is 1. The summed E-state index contributed by atoms with van der Waals surface area (Å²) in [5.74, 6) is 0.598. The molecule has 0 amide bonds. The lowest BCUT2D eigenvalue weighted by molar-refractivity contribution is 0.157. The van der Waals surface area contributed by atoms with E-state index in [1.54, 1.807) is 12.1 Å². The summed E-state index contributed by atoms with van der Waals surface area (Å²) in [5, 5.41) is 3.74. The van der Waals surface area contributed by atoms with Gasteiger partial charge in [0.1, 0.15) is 6.10 Å². The van der Waals surface area contributed by atoms with Gasteiger partial charge in [-0.2, -0.15) is 0 Å². The van der Waals surface area contributed by atoms with E-state index in [0.29, 0.717) is 10.9 Å². The summed E-state index contributed by atoms with van der Waals surface area (Å²) in [5.41, 5.74) is 0. The third kappa shape index (κ3) is 4.63. The maximum atomic E-state index is 11.5. The number of nitrogens with one attached hydrogen (secondary N) is 1. The minimum atomic E-state index is -3.10. The zero-order valence-electron chi connectivity index (χ0n) is 10.7. The molecule has 5 nitrogen and oxygen atoms in total. The maximum absolute atomic E-state index is 11.5. The zero-order chi connectivity index (χ0) is 13.9. The highest BCUT2D eigenvalue weighted by Gasteiger charge is 2.29. The van der Waals surface area contributed by atoms with Crippen molar-refractivity contribution in [1.29, 1.82) is 0 Å². The number of ether oxygens (including phenoxy) is 1. The predicted molar refractivity (Wildman–Crippen MR) is 74.4 cm³/mol. The normalized spacial score (nSPS) is 21.3. The molecule has 0 aliphatic carbocycles. The monoisotopic (exact) mass is 304 g/mol. The van der Waals surface area contributed by atoms with Crippen LogP contribution in [-0.4, -0.2) is 44.6 Å². The molecule has 2 heterocycles. The first kappa shape index (κ1) is 14.6. The molecule has 1 fully saturated rings. The quantitative estimate of drug-likeness (QED) is 0.883. The number of hydrogen-bond donors (Lipinski definition) is 1. The van der Waals surface area contributed by atoms with Crippen molar-refractivity contribution in [3.63, 3.8) is 0 Å². The number of nitrogens with zero attached hydrogens (tertiary/aromatic N) is 1. The molecular formula is C12H17ClN2O3S. The Morgan fingerprint density at radius 3 is 2.89 bits per heavy atom. The summed E-state index contributed by atoms with van der Waals surface area (Å²) in [6, 6.07) is 3.33. The Hall–Kier alpha value is -0.850. The number of halogens is 1. The molecule has 0 spiro atoms. The lowest BCUT2D eigenvalue weighted by Gasteiger charge is -2.23. The van der Waals surface area contributed by atoms with Gasteiger partial charge in [-0.05, 0) is 19.0 Å². The number of rotatable bonds is 5. The van der Waals surface area contributed by atoms with Crippen LogP contribution >= 0.6 is 11.6 Å². The van der Waals surface area contributed by atoms with Crippen LogP contribution in [-0.2, 0) is 9.84 Å². The average molecular weight is 305 g/mol. The number of sulfone groups is 1. The molecule has 1 N–H and O–H groups in total. The number of aromatic nitrogens is 1. The highest BCUT2D eigenvalue weighted by atomic mass is 35.5. The van der Waals surface area contributed by atoms with E-state index in [1.807, 2.05) is 0 Å². The van der Waals surface area contributed by atoms with Crippen molar-refractivity contribution in [2.45, 2.75) is 12.5 Å². The van der Waals surface area contributed by atoms with Gasteiger partial charge in [0.05, 0.1) is 10.8 Å². The van der Waals surface area contributed by atoms with Crippen molar-refractivity contribution in [1.82, 2.24) is 10.3 Å². The Balaban J connectivity index is 2.10. The SMILES string of the molecule is CS(=O)(=O)C[C@@H](Oc1ccc(Cl)cn1)[C@H]1CCNC1. The van der Waals surface area contributed by atoms with Crippen LogP contribution in [0.3, 0.4) is 0 Å². The minimum absolute atomic E-state index is 0.00362. The lowest BCUT2D eigenvalue weighted by Crippen LogP contribution is -2.35. The Bertz CT molecular complexity index is 512. The predicted octanol–water partition coefficient (Wildman–Crippen LogP) is 1.14. The molecular weight excluding hydrogens is 288 g/mol. The first-order valence-corrected chi connectivity index (χ1v) is 8.54. The van der Waals surface area contributed by atoms with Gasteiger partial charge in [0.25, 0.3) is 0 Å². The van der Waals surface area contributed by atoms with Crippen molar-refractivity contribution in [2.24, 2.45) is 5.92 Å². The summed E-state index contributed by atoms with van der Waals surface area (Å²) < 4.78 is 28.7. The van der Waals surface area contributed by atoms with Crippen LogP contribution in [0.2, 0.25) is 5.02 Å². The van der Waals surface area contributed by atoms with Gasteiger partial charge in [0.15, 0.2) is 9.84 Å². The molecule has 7 heteroatoms. The molecule has 1 aliphatic heterocycles. The molecule has 1 aromatic heterocycles. The molecule has 2 atom stereocenters. The van der Waals surface area contributed by atoms with E-state index in [9.17, 15) is 8.42 Å². The summed E-state index contributed by atoms with van der Waals surface area (Å²) in [7, 11) is -3.10. The van der Waals surface area contributed by atoms with Crippen LogP contribution in [0.25, 0.3) is 0 Å². The highest BCUT2D eigenvalue weighted by Crippen LogP contribution is 2.21. The molecule has 2 rings (SSSR count). The van der Waals surface area contributed by atoms with Crippen LogP contribution in [0.1, 0.15) is 6.42 Å². The molecule has 0 saturated carbocycles. The second kappa shape index (κ2) is 6.07. The van der Waals surface area contributed by atoms with E-state index < -0.39 is 9.84 Å². The molecule has 1 aliphatic rings. The smallest absolute Gasteiger partial charge is 0.213 e. The van der Waals surface area contributed by atoms with Gasteiger partial charge in [-0.25, -0.2) is 13.4 Å². The van der Waals surface area contributed by atoms with Crippen molar-refractivity contribution >= 4 is 21.4 Å². The van der Waals surface area contributed by atoms with E-state index >= 15 is 0 Å². The summed E-state index contributed by atoms with van der Waals surface area (Å²) in [4.78, 5) is 4.05. The van der Waals surface area contributed by atoms with Gasteiger partial charge in [-0.3, -0.25) is 0 Å². The summed E-state index contributed by atoms with van der Waals surface area (Å²) in [6.45, 7) is 1.66. The second-order valence-electron chi connectivity index (χ2n) is 4.82.